The van der Waals surface area contributed by atoms with Gasteiger partial charge in [0, 0.05) is 24.6 Å². The average Bonchev–Trinajstić information content (AvgIpc) is 3.40. The number of rotatable bonds is 5. The van der Waals surface area contributed by atoms with Gasteiger partial charge in [-0.2, -0.15) is 0 Å². The predicted molar refractivity (Wildman–Crippen MR) is 122 cm³/mol. The van der Waals surface area contributed by atoms with Crippen LogP contribution in [0.25, 0.3) is 10.2 Å². The molecule has 0 bridgehead atoms. The SMILES string of the molecule is O=C(c1ccc(N2C(=O)CCC2=O)cc1)N(Cc1ccccn1)c1nc2ccc(F)cc2s1. The summed E-state index contributed by atoms with van der Waals surface area (Å²) in [4.78, 5) is 49.0. The van der Waals surface area contributed by atoms with E-state index in [0.717, 1.165) is 4.90 Å². The van der Waals surface area contributed by atoms with E-state index in [1.165, 1.54) is 28.4 Å². The second kappa shape index (κ2) is 8.51. The van der Waals surface area contributed by atoms with Gasteiger partial charge < -0.3 is 0 Å². The third kappa shape index (κ3) is 4.10. The van der Waals surface area contributed by atoms with Crippen LogP contribution in [0.5, 0.6) is 0 Å². The van der Waals surface area contributed by atoms with E-state index in [1.807, 2.05) is 6.07 Å². The predicted octanol–water partition coefficient (Wildman–Crippen LogP) is 4.33. The van der Waals surface area contributed by atoms with Gasteiger partial charge in [-0.1, -0.05) is 17.4 Å². The fourth-order valence-electron chi connectivity index (χ4n) is 3.66. The lowest BCUT2D eigenvalue weighted by Crippen LogP contribution is -2.31. The molecule has 33 heavy (non-hydrogen) atoms. The van der Waals surface area contributed by atoms with Crippen molar-refractivity contribution in [1.82, 2.24) is 9.97 Å². The van der Waals surface area contributed by atoms with Gasteiger partial charge in [0.2, 0.25) is 11.8 Å². The van der Waals surface area contributed by atoms with Crippen molar-refractivity contribution in [2.24, 2.45) is 0 Å². The lowest BCUT2D eigenvalue weighted by atomic mass is 10.1. The molecule has 1 saturated heterocycles. The number of pyridine rings is 1. The van der Waals surface area contributed by atoms with Gasteiger partial charge in [0.15, 0.2) is 5.13 Å². The van der Waals surface area contributed by atoms with Crippen molar-refractivity contribution in [3.05, 3.63) is 83.9 Å². The molecule has 2 aromatic heterocycles. The Morgan fingerprint density at radius 3 is 2.48 bits per heavy atom. The fourth-order valence-corrected chi connectivity index (χ4v) is 4.64. The molecule has 1 aliphatic heterocycles. The minimum absolute atomic E-state index is 0.173. The highest BCUT2D eigenvalue weighted by Crippen LogP contribution is 2.31. The molecule has 0 radical (unpaired) electrons. The first-order valence-corrected chi connectivity index (χ1v) is 11.0. The van der Waals surface area contributed by atoms with Crippen molar-refractivity contribution >= 4 is 50.1 Å². The summed E-state index contributed by atoms with van der Waals surface area (Å²) in [6.45, 7) is 0.173. The molecule has 0 spiro atoms. The first kappa shape index (κ1) is 20.9. The number of carbonyl (C=O) groups excluding carboxylic acids is 3. The summed E-state index contributed by atoms with van der Waals surface area (Å²) in [5, 5.41) is 0.417. The number of hydrogen-bond donors (Lipinski definition) is 0. The molecule has 1 aliphatic rings. The number of fused-ring (bicyclic) bond motifs is 1. The molecule has 2 aromatic carbocycles. The van der Waals surface area contributed by atoms with E-state index in [2.05, 4.69) is 9.97 Å². The van der Waals surface area contributed by atoms with Crippen LogP contribution in [0, 0.1) is 5.82 Å². The second-order valence-electron chi connectivity index (χ2n) is 7.49. The van der Waals surface area contributed by atoms with Crippen LogP contribution in [0.1, 0.15) is 28.9 Å². The normalized spacial score (nSPS) is 13.7. The van der Waals surface area contributed by atoms with Crippen molar-refractivity contribution in [1.29, 1.82) is 0 Å². The summed E-state index contributed by atoms with van der Waals surface area (Å²) in [5.74, 6) is -1.21. The van der Waals surface area contributed by atoms with Crippen molar-refractivity contribution < 1.29 is 18.8 Å². The number of anilines is 2. The van der Waals surface area contributed by atoms with Crippen molar-refractivity contribution in [2.75, 3.05) is 9.80 Å². The van der Waals surface area contributed by atoms with Gasteiger partial charge in [-0.05, 0) is 54.6 Å². The topological polar surface area (TPSA) is 83.5 Å². The molecule has 0 N–H and O–H groups in total. The van der Waals surface area contributed by atoms with E-state index in [0.29, 0.717) is 32.3 Å². The molecule has 1 fully saturated rings. The maximum Gasteiger partial charge on any atom is 0.260 e. The van der Waals surface area contributed by atoms with E-state index in [9.17, 15) is 18.8 Å². The summed E-state index contributed by atoms with van der Waals surface area (Å²) in [5.41, 5.74) is 2.06. The van der Waals surface area contributed by atoms with Crippen molar-refractivity contribution in [3.63, 3.8) is 0 Å². The van der Waals surface area contributed by atoms with Gasteiger partial charge in [-0.15, -0.1) is 0 Å². The molecule has 0 aliphatic carbocycles. The minimum Gasteiger partial charge on any atom is -0.278 e. The Labute approximate surface area is 192 Å². The Balaban J connectivity index is 1.49. The zero-order valence-electron chi connectivity index (χ0n) is 17.3. The lowest BCUT2D eigenvalue weighted by molar-refractivity contribution is -0.121. The molecule has 5 rings (SSSR count). The molecular weight excluding hydrogens is 443 g/mol. The van der Waals surface area contributed by atoms with Gasteiger partial charge in [0.1, 0.15) is 5.82 Å². The van der Waals surface area contributed by atoms with Crippen LogP contribution in [0.4, 0.5) is 15.2 Å². The lowest BCUT2D eigenvalue weighted by Gasteiger charge is -2.20. The number of amides is 3. The number of hydrogen-bond acceptors (Lipinski definition) is 6. The number of aromatic nitrogens is 2. The Kier molecular flexibility index (Phi) is 5.39. The smallest absolute Gasteiger partial charge is 0.260 e. The minimum atomic E-state index is -0.373. The Morgan fingerprint density at radius 1 is 1.03 bits per heavy atom. The van der Waals surface area contributed by atoms with E-state index in [4.69, 9.17) is 0 Å². The molecule has 0 saturated carbocycles. The maximum atomic E-state index is 13.7. The number of benzene rings is 2. The standard InChI is InChI=1S/C24H17FN4O3S/c25-16-6-9-19-20(13-16)33-24(27-19)28(14-17-3-1-2-12-26-17)23(32)15-4-7-18(8-5-15)29-21(30)10-11-22(29)31/h1-9,12-13H,10-11,14H2. The third-order valence-electron chi connectivity index (χ3n) is 5.29. The number of imide groups is 1. The number of halogens is 1. The highest BCUT2D eigenvalue weighted by molar-refractivity contribution is 7.22. The van der Waals surface area contributed by atoms with Crippen LogP contribution < -0.4 is 9.80 Å². The van der Waals surface area contributed by atoms with Gasteiger partial charge in [0.25, 0.3) is 5.91 Å². The van der Waals surface area contributed by atoms with Gasteiger partial charge in [-0.3, -0.25) is 29.2 Å². The van der Waals surface area contributed by atoms with Crippen LogP contribution >= 0.6 is 11.3 Å². The molecule has 9 heteroatoms. The molecular formula is C24H17FN4O3S. The molecule has 7 nitrogen and oxygen atoms in total. The van der Waals surface area contributed by atoms with E-state index in [1.54, 1.807) is 48.7 Å². The van der Waals surface area contributed by atoms with Crippen molar-refractivity contribution in [3.8, 4) is 0 Å². The summed E-state index contributed by atoms with van der Waals surface area (Å²) in [6, 6.07) is 16.0. The zero-order valence-corrected chi connectivity index (χ0v) is 18.1. The first-order valence-electron chi connectivity index (χ1n) is 10.2. The van der Waals surface area contributed by atoms with E-state index >= 15 is 0 Å². The van der Waals surface area contributed by atoms with Crippen molar-refractivity contribution in [2.45, 2.75) is 19.4 Å². The van der Waals surface area contributed by atoms with Gasteiger partial charge >= 0.3 is 0 Å². The molecule has 0 atom stereocenters. The number of carbonyl (C=O) groups is 3. The summed E-state index contributed by atoms with van der Waals surface area (Å²) in [6.07, 6.45) is 2.02. The highest BCUT2D eigenvalue weighted by Gasteiger charge is 2.30. The van der Waals surface area contributed by atoms with E-state index < -0.39 is 0 Å². The Hall–Kier alpha value is -3.98. The second-order valence-corrected chi connectivity index (χ2v) is 8.50. The fraction of sp³-hybridized carbons (Fsp3) is 0.125. The number of thiazole rings is 1. The number of nitrogens with zero attached hydrogens (tertiary/aromatic N) is 4. The Morgan fingerprint density at radius 2 is 1.79 bits per heavy atom. The van der Waals surface area contributed by atoms with Crippen LogP contribution in [0.3, 0.4) is 0 Å². The average molecular weight is 460 g/mol. The molecule has 164 valence electrons. The van der Waals surface area contributed by atoms with Crippen LogP contribution in [-0.4, -0.2) is 27.7 Å². The quantitative estimate of drug-likeness (QED) is 0.414. The molecule has 3 heterocycles. The third-order valence-corrected chi connectivity index (χ3v) is 6.33. The summed E-state index contributed by atoms with van der Waals surface area (Å²) >= 11 is 1.21. The van der Waals surface area contributed by atoms with Crippen LogP contribution in [0.2, 0.25) is 0 Å². The largest absolute Gasteiger partial charge is 0.278 e. The summed E-state index contributed by atoms with van der Waals surface area (Å²) in [7, 11) is 0. The molecule has 3 amide bonds. The Bertz CT molecular complexity index is 1360. The highest BCUT2D eigenvalue weighted by atomic mass is 32.1. The maximum absolute atomic E-state index is 13.7. The van der Waals surface area contributed by atoms with Crippen LogP contribution in [-0.2, 0) is 16.1 Å². The van der Waals surface area contributed by atoms with Gasteiger partial charge in [0.05, 0.1) is 28.1 Å². The first-order chi connectivity index (χ1) is 16.0. The van der Waals surface area contributed by atoms with Crippen LogP contribution in [0.15, 0.2) is 66.9 Å². The summed E-state index contributed by atoms with van der Waals surface area (Å²) < 4.78 is 14.3. The van der Waals surface area contributed by atoms with E-state index in [-0.39, 0.29) is 42.9 Å². The molecule has 4 aromatic rings. The molecule has 0 unspecified atom stereocenters. The monoisotopic (exact) mass is 460 g/mol. The van der Waals surface area contributed by atoms with Gasteiger partial charge in [-0.25, -0.2) is 9.37 Å². The zero-order chi connectivity index (χ0) is 22.9.